The van der Waals surface area contributed by atoms with Crippen molar-refractivity contribution in [3.05, 3.63) is 158 Å². The Balaban J connectivity index is 0.823. The predicted molar refractivity (Wildman–Crippen MR) is 238 cm³/mol. The van der Waals surface area contributed by atoms with E-state index in [9.17, 15) is 0 Å². The maximum Gasteiger partial charge on any atom is 0.124 e. The first-order valence-corrected chi connectivity index (χ1v) is 21.1. The van der Waals surface area contributed by atoms with Crippen molar-refractivity contribution in [1.29, 1.82) is 0 Å². The van der Waals surface area contributed by atoms with E-state index >= 15 is 0 Å². The van der Waals surface area contributed by atoms with E-state index in [0.717, 1.165) is 32.2 Å². The fourth-order valence-corrected chi connectivity index (χ4v) is 12.4. The lowest BCUT2D eigenvalue weighted by molar-refractivity contribution is 1.48. The Morgan fingerprint density at radius 3 is 1.09 bits per heavy atom. The minimum atomic E-state index is 1.06. The van der Waals surface area contributed by atoms with Crippen LogP contribution in [0.15, 0.2) is 158 Å². The normalized spacial score (nSPS) is 12.1. The summed E-state index contributed by atoms with van der Waals surface area (Å²) in [6.07, 6.45) is 0. The molecule has 0 aliphatic rings. The lowest BCUT2D eigenvalue weighted by Gasteiger charge is -2.04. The monoisotopic (exact) mass is 758 g/mol. The highest BCUT2D eigenvalue weighted by atomic mass is 32.1. The molecule has 4 heterocycles. The number of thiophene rings is 2. The summed E-state index contributed by atoms with van der Waals surface area (Å²) in [5.41, 5.74) is 9.38. The third kappa shape index (κ3) is 4.95. The van der Waals surface area contributed by atoms with Gasteiger partial charge in [-0.3, -0.25) is 0 Å². The predicted octanol–water partition coefficient (Wildman–Crippen LogP) is 15.5. The van der Waals surface area contributed by atoms with Gasteiger partial charge < -0.3 is 0 Å². The molecule has 252 valence electrons. The molecule has 8 aromatic carbocycles. The first kappa shape index (κ1) is 30.7. The number of hydrogen-bond donors (Lipinski definition) is 0. The van der Waals surface area contributed by atoms with Crippen LogP contribution in [0.5, 0.6) is 0 Å². The zero-order valence-electron chi connectivity index (χ0n) is 28.5. The van der Waals surface area contributed by atoms with Gasteiger partial charge in [0.25, 0.3) is 0 Å². The smallest absolute Gasteiger partial charge is 0.124 e. The zero-order chi connectivity index (χ0) is 35.3. The lowest BCUT2D eigenvalue weighted by atomic mass is 10.0. The summed E-state index contributed by atoms with van der Waals surface area (Å²) in [6.45, 7) is 0. The molecular formula is C48H26N2S4. The second-order valence-corrected chi connectivity index (χ2v) is 18.0. The van der Waals surface area contributed by atoms with Gasteiger partial charge in [-0.15, -0.1) is 45.3 Å². The molecule has 0 radical (unpaired) electrons. The van der Waals surface area contributed by atoms with E-state index < -0.39 is 0 Å². The average molecular weight is 759 g/mol. The van der Waals surface area contributed by atoms with Crippen LogP contribution in [-0.2, 0) is 0 Å². The van der Waals surface area contributed by atoms with E-state index in [2.05, 4.69) is 158 Å². The first-order valence-electron chi connectivity index (χ1n) is 17.9. The van der Waals surface area contributed by atoms with Gasteiger partial charge in [0.2, 0.25) is 0 Å². The molecule has 0 aliphatic carbocycles. The highest BCUT2D eigenvalue weighted by molar-refractivity contribution is 7.36. The van der Waals surface area contributed by atoms with Crippen molar-refractivity contribution in [1.82, 2.24) is 9.97 Å². The highest BCUT2D eigenvalue weighted by Gasteiger charge is 2.15. The van der Waals surface area contributed by atoms with Crippen LogP contribution in [0.4, 0.5) is 0 Å². The molecular weight excluding hydrogens is 733 g/mol. The molecule has 0 unspecified atom stereocenters. The van der Waals surface area contributed by atoms with Gasteiger partial charge >= 0.3 is 0 Å². The Morgan fingerprint density at radius 1 is 0.296 bits per heavy atom. The molecule has 2 nitrogen and oxygen atoms in total. The molecule has 0 amide bonds. The van der Waals surface area contributed by atoms with Crippen LogP contribution < -0.4 is 0 Å². The number of hydrogen-bond acceptors (Lipinski definition) is 6. The highest BCUT2D eigenvalue weighted by Crippen LogP contribution is 2.46. The van der Waals surface area contributed by atoms with Crippen LogP contribution in [0.3, 0.4) is 0 Å². The summed E-state index contributed by atoms with van der Waals surface area (Å²) >= 11 is 7.34. The number of rotatable bonds is 4. The van der Waals surface area contributed by atoms with Crippen molar-refractivity contribution in [3.8, 4) is 43.4 Å². The number of nitrogens with zero attached hydrogens (tertiary/aromatic N) is 2. The van der Waals surface area contributed by atoms with E-state index in [-0.39, 0.29) is 0 Å². The molecule has 0 aliphatic heterocycles. The molecule has 0 spiro atoms. The van der Waals surface area contributed by atoms with E-state index in [1.807, 2.05) is 22.7 Å². The molecule has 0 bridgehead atoms. The Morgan fingerprint density at radius 2 is 0.667 bits per heavy atom. The molecule has 0 saturated carbocycles. The van der Waals surface area contributed by atoms with Crippen LogP contribution in [0.1, 0.15) is 0 Å². The van der Waals surface area contributed by atoms with Gasteiger partial charge in [-0.05, 0) is 80.2 Å². The van der Waals surface area contributed by atoms with Crippen molar-refractivity contribution in [3.63, 3.8) is 0 Å². The summed E-state index contributed by atoms with van der Waals surface area (Å²) < 4.78 is 7.88. The van der Waals surface area contributed by atoms with Gasteiger partial charge in [0.05, 0.1) is 29.8 Å². The summed E-state index contributed by atoms with van der Waals surface area (Å²) in [4.78, 5) is 9.98. The summed E-state index contributed by atoms with van der Waals surface area (Å²) in [7, 11) is 0. The molecule has 12 aromatic rings. The fourth-order valence-electron chi connectivity index (χ4n) is 7.70. The van der Waals surface area contributed by atoms with Gasteiger partial charge in [-0.2, -0.15) is 0 Å². The van der Waals surface area contributed by atoms with Crippen molar-refractivity contribution in [2.24, 2.45) is 0 Å². The standard InChI is InChI=1S/C48H26N2S4/c1-3-7-33-25-43-39(21-31(33)5-1)49-47(53-43)29-13-9-27(10-14-29)35-17-19-37-41(23-35)51-46-38-20-18-36(24-42(38)52-45(37)46)28-11-15-30(16-12-28)48-50-40-22-32-6-2-4-8-34(32)26-44(40)54-48/h1-26H. The minimum Gasteiger partial charge on any atom is -0.236 e. The second-order valence-electron chi connectivity index (χ2n) is 13.8. The fraction of sp³-hybridized carbons (Fsp3) is 0. The molecule has 0 saturated heterocycles. The maximum atomic E-state index is 4.99. The van der Waals surface area contributed by atoms with E-state index in [1.165, 1.54) is 82.8 Å². The summed E-state index contributed by atoms with van der Waals surface area (Å²) in [5, 5.41) is 9.79. The quantitative estimate of drug-likeness (QED) is 0.179. The average Bonchev–Trinajstić information content (AvgIpc) is 4.00. The Hall–Kier alpha value is -5.76. The Labute approximate surface area is 325 Å². The number of fused-ring (bicyclic) bond motifs is 9. The number of benzene rings is 8. The van der Waals surface area contributed by atoms with Crippen molar-refractivity contribution in [2.75, 3.05) is 0 Å². The van der Waals surface area contributed by atoms with Gasteiger partial charge in [-0.25, -0.2) is 9.97 Å². The summed E-state index contributed by atoms with van der Waals surface area (Å²) in [5.74, 6) is 0. The Kier molecular flexibility index (Phi) is 6.74. The lowest BCUT2D eigenvalue weighted by Crippen LogP contribution is -1.80. The maximum absolute atomic E-state index is 4.99. The SMILES string of the molecule is c1ccc2cc3sc(-c4ccc(-c5ccc6c(c5)sc5c7ccc(-c8ccc(-c9nc%10cc%11ccccc%11cc%10s9)cc8)cc7sc65)cc4)nc3cc2c1. The molecule has 0 fully saturated rings. The van der Waals surface area contributed by atoms with Gasteiger partial charge in [0.15, 0.2) is 0 Å². The van der Waals surface area contributed by atoms with E-state index in [4.69, 9.17) is 9.97 Å². The van der Waals surface area contributed by atoms with Crippen molar-refractivity contribution >= 4 is 117 Å². The first-order chi connectivity index (χ1) is 26.7. The van der Waals surface area contributed by atoms with Crippen molar-refractivity contribution < 1.29 is 0 Å². The van der Waals surface area contributed by atoms with Crippen LogP contribution in [0, 0.1) is 0 Å². The molecule has 0 N–H and O–H groups in total. The van der Waals surface area contributed by atoms with Crippen LogP contribution in [0.25, 0.3) is 115 Å². The van der Waals surface area contributed by atoms with Gasteiger partial charge in [0.1, 0.15) is 10.0 Å². The zero-order valence-corrected chi connectivity index (χ0v) is 31.8. The number of aromatic nitrogens is 2. The molecule has 4 aromatic heterocycles. The third-order valence-electron chi connectivity index (χ3n) is 10.5. The van der Waals surface area contributed by atoms with Crippen LogP contribution in [-0.4, -0.2) is 9.97 Å². The van der Waals surface area contributed by atoms with Gasteiger partial charge in [-0.1, -0.05) is 121 Å². The topological polar surface area (TPSA) is 25.8 Å². The Bertz CT molecular complexity index is 3100. The largest absolute Gasteiger partial charge is 0.236 e. The van der Waals surface area contributed by atoms with Crippen molar-refractivity contribution in [2.45, 2.75) is 0 Å². The second kappa shape index (κ2) is 11.9. The molecule has 54 heavy (non-hydrogen) atoms. The van der Waals surface area contributed by atoms with Crippen LogP contribution >= 0.6 is 45.3 Å². The molecule has 6 heteroatoms. The molecule has 12 rings (SSSR count). The third-order valence-corrected chi connectivity index (χ3v) is 15.2. The van der Waals surface area contributed by atoms with Gasteiger partial charge in [0, 0.05) is 31.3 Å². The van der Waals surface area contributed by atoms with Crippen LogP contribution in [0.2, 0.25) is 0 Å². The van der Waals surface area contributed by atoms with E-state index in [1.54, 1.807) is 22.7 Å². The molecule has 0 atom stereocenters. The number of thiazole rings is 2. The minimum absolute atomic E-state index is 1.06. The van der Waals surface area contributed by atoms with E-state index in [0.29, 0.717) is 0 Å². The summed E-state index contributed by atoms with van der Waals surface area (Å²) in [6, 6.07) is 57.6.